The molecule has 1 aromatic heterocycles. The Balaban J connectivity index is 1.63. The third-order valence-corrected chi connectivity index (χ3v) is 4.06. The van der Waals surface area contributed by atoms with E-state index >= 15 is 0 Å². The lowest BCUT2D eigenvalue weighted by atomic mass is 10.1. The summed E-state index contributed by atoms with van der Waals surface area (Å²) in [5.41, 5.74) is 1.17. The summed E-state index contributed by atoms with van der Waals surface area (Å²) in [5, 5.41) is 4.34. The van der Waals surface area contributed by atoms with Crippen LogP contribution in [0.4, 0.5) is 0 Å². The molecule has 0 bridgehead atoms. The SMILES string of the molecule is COc1ccc2c(CNCCN3CCOCC3)cc(=O)oc2c1. The number of morpholine rings is 1. The summed E-state index contributed by atoms with van der Waals surface area (Å²) in [4.78, 5) is 14.1. The van der Waals surface area contributed by atoms with Gasteiger partial charge in [0.15, 0.2) is 0 Å². The second kappa shape index (κ2) is 7.59. The summed E-state index contributed by atoms with van der Waals surface area (Å²) in [5.74, 6) is 0.679. The molecule has 124 valence electrons. The normalized spacial score (nSPS) is 15.9. The molecule has 1 aliphatic rings. The van der Waals surface area contributed by atoms with Crippen LogP contribution in [-0.4, -0.2) is 51.4 Å². The molecular formula is C17H22N2O4. The van der Waals surface area contributed by atoms with Gasteiger partial charge in [-0.3, -0.25) is 4.90 Å². The zero-order chi connectivity index (χ0) is 16.1. The van der Waals surface area contributed by atoms with Crippen molar-refractivity contribution in [3.63, 3.8) is 0 Å². The van der Waals surface area contributed by atoms with Gasteiger partial charge in [-0.25, -0.2) is 4.79 Å². The molecule has 0 spiro atoms. The van der Waals surface area contributed by atoms with E-state index in [1.807, 2.05) is 12.1 Å². The van der Waals surface area contributed by atoms with Gasteiger partial charge in [0.25, 0.3) is 0 Å². The maximum atomic E-state index is 11.7. The summed E-state index contributed by atoms with van der Waals surface area (Å²) < 4.78 is 15.8. The van der Waals surface area contributed by atoms with Crippen LogP contribution in [0.25, 0.3) is 11.0 Å². The average Bonchev–Trinajstić information content (AvgIpc) is 2.58. The highest BCUT2D eigenvalue weighted by Gasteiger charge is 2.10. The van der Waals surface area contributed by atoms with Gasteiger partial charge in [0.1, 0.15) is 11.3 Å². The average molecular weight is 318 g/mol. The Bertz CT molecular complexity index is 707. The fourth-order valence-electron chi connectivity index (χ4n) is 2.77. The Morgan fingerprint density at radius 2 is 2.09 bits per heavy atom. The van der Waals surface area contributed by atoms with Crippen molar-refractivity contribution in [3.05, 3.63) is 40.2 Å². The highest BCUT2D eigenvalue weighted by molar-refractivity contribution is 5.81. The van der Waals surface area contributed by atoms with E-state index in [9.17, 15) is 4.79 Å². The monoisotopic (exact) mass is 318 g/mol. The van der Waals surface area contributed by atoms with Crippen LogP contribution in [0.15, 0.2) is 33.5 Å². The molecule has 1 saturated heterocycles. The molecule has 0 saturated carbocycles. The number of methoxy groups -OCH3 is 1. The maximum Gasteiger partial charge on any atom is 0.336 e. The largest absolute Gasteiger partial charge is 0.497 e. The lowest BCUT2D eigenvalue weighted by Gasteiger charge is -2.26. The van der Waals surface area contributed by atoms with Crippen molar-refractivity contribution in [1.29, 1.82) is 0 Å². The first-order valence-corrected chi connectivity index (χ1v) is 7.88. The third-order valence-electron chi connectivity index (χ3n) is 4.06. The van der Waals surface area contributed by atoms with Gasteiger partial charge in [-0.15, -0.1) is 0 Å². The second-order valence-corrected chi connectivity index (χ2v) is 5.58. The first-order chi connectivity index (χ1) is 11.3. The second-order valence-electron chi connectivity index (χ2n) is 5.58. The zero-order valence-corrected chi connectivity index (χ0v) is 13.3. The quantitative estimate of drug-likeness (QED) is 0.638. The predicted octanol–water partition coefficient (Wildman–Crippen LogP) is 1.22. The highest BCUT2D eigenvalue weighted by atomic mass is 16.5. The Kier molecular flexibility index (Phi) is 5.27. The molecule has 0 aliphatic carbocycles. The van der Waals surface area contributed by atoms with E-state index in [4.69, 9.17) is 13.9 Å². The van der Waals surface area contributed by atoms with E-state index in [0.29, 0.717) is 17.9 Å². The van der Waals surface area contributed by atoms with Crippen LogP contribution in [0.3, 0.4) is 0 Å². The van der Waals surface area contributed by atoms with Gasteiger partial charge in [-0.05, 0) is 17.7 Å². The molecule has 6 nitrogen and oxygen atoms in total. The number of benzene rings is 1. The summed E-state index contributed by atoms with van der Waals surface area (Å²) in [6.07, 6.45) is 0. The molecule has 2 heterocycles. The number of nitrogens with one attached hydrogen (secondary N) is 1. The van der Waals surface area contributed by atoms with Crippen molar-refractivity contribution < 1.29 is 13.9 Å². The standard InChI is InChI=1S/C17H22N2O4/c1-21-14-2-3-15-13(10-17(20)23-16(15)11-14)12-18-4-5-19-6-8-22-9-7-19/h2-3,10-11,18H,4-9,12H2,1H3. The number of ether oxygens (including phenoxy) is 2. The fraction of sp³-hybridized carbons (Fsp3) is 0.471. The van der Waals surface area contributed by atoms with Crippen LogP contribution in [0.1, 0.15) is 5.56 Å². The van der Waals surface area contributed by atoms with Crippen molar-refractivity contribution in [1.82, 2.24) is 10.2 Å². The van der Waals surface area contributed by atoms with Gasteiger partial charge in [0.2, 0.25) is 0 Å². The van der Waals surface area contributed by atoms with Crippen LogP contribution in [-0.2, 0) is 11.3 Å². The minimum Gasteiger partial charge on any atom is -0.497 e. The summed E-state index contributed by atoms with van der Waals surface area (Å²) >= 11 is 0. The maximum absolute atomic E-state index is 11.7. The summed E-state index contributed by atoms with van der Waals surface area (Å²) in [7, 11) is 1.59. The lowest BCUT2D eigenvalue weighted by molar-refractivity contribution is 0.0384. The van der Waals surface area contributed by atoms with Gasteiger partial charge >= 0.3 is 5.63 Å². The zero-order valence-electron chi connectivity index (χ0n) is 13.3. The van der Waals surface area contributed by atoms with Crippen molar-refractivity contribution in [2.75, 3.05) is 46.5 Å². The van der Waals surface area contributed by atoms with Crippen LogP contribution in [0, 0.1) is 0 Å². The van der Waals surface area contributed by atoms with Crippen LogP contribution in [0.5, 0.6) is 5.75 Å². The van der Waals surface area contributed by atoms with E-state index in [0.717, 1.165) is 50.3 Å². The van der Waals surface area contributed by atoms with Gasteiger partial charge < -0.3 is 19.2 Å². The molecule has 0 atom stereocenters. The first-order valence-electron chi connectivity index (χ1n) is 7.88. The number of nitrogens with zero attached hydrogens (tertiary/aromatic N) is 1. The molecule has 0 radical (unpaired) electrons. The van der Waals surface area contributed by atoms with E-state index in [-0.39, 0.29) is 5.63 Å². The van der Waals surface area contributed by atoms with Gasteiger partial charge in [-0.1, -0.05) is 0 Å². The lowest BCUT2D eigenvalue weighted by Crippen LogP contribution is -2.40. The molecule has 6 heteroatoms. The molecule has 23 heavy (non-hydrogen) atoms. The smallest absolute Gasteiger partial charge is 0.336 e. The number of hydrogen-bond acceptors (Lipinski definition) is 6. The molecule has 1 aromatic carbocycles. The molecule has 1 fully saturated rings. The highest BCUT2D eigenvalue weighted by Crippen LogP contribution is 2.22. The topological polar surface area (TPSA) is 63.9 Å². The van der Waals surface area contributed by atoms with Crippen molar-refractivity contribution in [2.45, 2.75) is 6.54 Å². The Morgan fingerprint density at radius 1 is 1.26 bits per heavy atom. The van der Waals surface area contributed by atoms with E-state index in [1.54, 1.807) is 19.2 Å². The number of rotatable bonds is 6. The first kappa shape index (κ1) is 16.0. The van der Waals surface area contributed by atoms with E-state index < -0.39 is 0 Å². The fourth-order valence-corrected chi connectivity index (χ4v) is 2.77. The van der Waals surface area contributed by atoms with Gasteiger partial charge in [0, 0.05) is 50.2 Å². The number of fused-ring (bicyclic) bond motifs is 1. The van der Waals surface area contributed by atoms with Crippen molar-refractivity contribution in [3.8, 4) is 5.75 Å². The molecule has 0 amide bonds. The minimum absolute atomic E-state index is 0.337. The van der Waals surface area contributed by atoms with Crippen LogP contribution >= 0.6 is 0 Å². The van der Waals surface area contributed by atoms with E-state index in [2.05, 4.69) is 10.2 Å². The van der Waals surface area contributed by atoms with Crippen molar-refractivity contribution in [2.24, 2.45) is 0 Å². The third kappa shape index (κ3) is 4.10. The molecule has 2 aromatic rings. The summed E-state index contributed by atoms with van der Waals surface area (Å²) in [6, 6.07) is 7.10. The molecule has 0 unspecified atom stereocenters. The molecule has 3 rings (SSSR count). The van der Waals surface area contributed by atoms with Crippen LogP contribution < -0.4 is 15.7 Å². The summed E-state index contributed by atoms with van der Waals surface area (Å²) in [6.45, 7) is 6.09. The molecule has 1 N–H and O–H groups in total. The minimum atomic E-state index is -0.337. The van der Waals surface area contributed by atoms with Crippen molar-refractivity contribution >= 4 is 11.0 Å². The van der Waals surface area contributed by atoms with Gasteiger partial charge in [-0.2, -0.15) is 0 Å². The Morgan fingerprint density at radius 3 is 2.87 bits per heavy atom. The van der Waals surface area contributed by atoms with Gasteiger partial charge in [0.05, 0.1) is 20.3 Å². The molecular weight excluding hydrogens is 296 g/mol. The Labute approximate surface area is 135 Å². The van der Waals surface area contributed by atoms with Crippen LogP contribution in [0.2, 0.25) is 0 Å². The van der Waals surface area contributed by atoms with E-state index in [1.165, 1.54) is 0 Å². The predicted molar refractivity (Wildman–Crippen MR) is 88.0 cm³/mol. The number of hydrogen-bond donors (Lipinski definition) is 1. The Hall–Kier alpha value is -1.89. The molecule has 1 aliphatic heterocycles.